The lowest BCUT2D eigenvalue weighted by Crippen LogP contribution is -2.44. The van der Waals surface area contributed by atoms with E-state index in [0.717, 1.165) is 44.0 Å². The van der Waals surface area contributed by atoms with Crippen LogP contribution in [0.4, 0.5) is 10.6 Å². The Labute approximate surface area is 132 Å². The van der Waals surface area contributed by atoms with E-state index in [2.05, 4.69) is 15.3 Å². The van der Waals surface area contributed by atoms with Gasteiger partial charge in [-0.05, 0) is 46.5 Å². The Morgan fingerprint density at radius 2 is 2.23 bits per heavy atom. The second-order valence-corrected chi connectivity index (χ2v) is 6.86. The quantitative estimate of drug-likeness (QED) is 0.930. The Hall–Kier alpha value is -1.85. The molecule has 122 valence electrons. The highest BCUT2D eigenvalue weighted by Crippen LogP contribution is 2.19. The van der Waals surface area contributed by atoms with E-state index in [4.69, 9.17) is 4.74 Å². The van der Waals surface area contributed by atoms with E-state index in [0.29, 0.717) is 5.92 Å². The molecule has 1 amide bonds. The van der Waals surface area contributed by atoms with Gasteiger partial charge in [-0.15, -0.1) is 0 Å². The average Bonchev–Trinajstić information content (AvgIpc) is 2.44. The van der Waals surface area contributed by atoms with Crippen molar-refractivity contribution in [1.82, 2.24) is 14.9 Å². The Balaban J connectivity index is 1.84. The first-order valence-electron chi connectivity index (χ1n) is 7.84. The van der Waals surface area contributed by atoms with Crippen molar-refractivity contribution in [1.29, 1.82) is 0 Å². The molecule has 0 aromatic carbocycles. The average molecular weight is 306 g/mol. The van der Waals surface area contributed by atoms with Gasteiger partial charge in [-0.25, -0.2) is 9.78 Å². The Bertz CT molecular complexity index is 513. The number of anilines is 1. The summed E-state index contributed by atoms with van der Waals surface area (Å²) in [6, 6.07) is 0. The number of likely N-dealkylation sites (tertiary alicyclic amines) is 1. The van der Waals surface area contributed by atoms with Gasteiger partial charge >= 0.3 is 6.09 Å². The van der Waals surface area contributed by atoms with Gasteiger partial charge in [0.1, 0.15) is 11.4 Å². The number of aryl methyl sites for hydroxylation is 1. The lowest BCUT2D eigenvalue weighted by molar-refractivity contribution is 0.0172. The number of rotatable bonds is 3. The standard InChI is InChI=1S/C16H26N4O2/c1-12-8-17-10-14(19-12)18-9-13-6-5-7-20(11-13)15(21)22-16(2,3)4/h8,10,13H,5-7,9,11H2,1-4H3,(H,18,19). The van der Waals surface area contributed by atoms with Crippen LogP contribution in [-0.2, 0) is 4.74 Å². The van der Waals surface area contributed by atoms with E-state index in [1.807, 2.05) is 32.6 Å². The number of carbonyl (C=O) groups excluding carboxylic acids is 1. The fraction of sp³-hybridized carbons (Fsp3) is 0.688. The molecule has 1 unspecified atom stereocenters. The van der Waals surface area contributed by atoms with Gasteiger partial charge in [0.2, 0.25) is 0 Å². The zero-order valence-corrected chi connectivity index (χ0v) is 13.9. The monoisotopic (exact) mass is 306 g/mol. The van der Waals surface area contributed by atoms with Crippen molar-refractivity contribution in [3.63, 3.8) is 0 Å². The molecule has 1 saturated heterocycles. The molecule has 2 heterocycles. The van der Waals surface area contributed by atoms with Crippen molar-refractivity contribution >= 4 is 11.9 Å². The summed E-state index contributed by atoms with van der Waals surface area (Å²) in [6.45, 7) is 9.89. The molecule has 6 nitrogen and oxygen atoms in total. The van der Waals surface area contributed by atoms with Crippen molar-refractivity contribution in [3.05, 3.63) is 18.1 Å². The Kier molecular flexibility index (Phi) is 5.21. The van der Waals surface area contributed by atoms with Crippen LogP contribution in [0.15, 0.2) is 12.4 Å². The van der Waals surface area contributed by atoms with E-state index < -0.39 is 5.60 Å². The third-order valence-corrected chi connectivity index (χ3v) is 3.50. The van der Waals surface area contributed by atoms with Gasteiger partial charge in [0, 0.05) is 25.8 Å². The van der Waals surface area contributed by atoms with Crippen molar-refractivity contribution in [2.45, 2.75) is 46.1 Å². The second-order valence-electron chi connectivity index (χ2n) is 6.86. The number of carbonyl (C=O) groups is 1. The summed E-state index contributed by atoms with van der Waals surface area (Å²) >= 11 is 0. The summed E-state index contributed by atoms with van der Waals surface area (Å²) in [5, 5.41) is 3.31. The summed E-state index contributed by atoms with van der Waals surface area (Å²) in [4.78, 5) is 22.5. The largest absolute Gasteiger partial charge is 0.444 e. The molecule has 0 spiro atoms. The van der Waals surface area contributed by atoms with Crippen molar-refractivity contribution in [3.8, 4) is 0 Å². The van der Waals surface area contributed by atoms with Crippen molar-refractivity contribution < 1.29 is 9.53 Å². The number of nitrogens with zero attached hydrogens (tertiary/aromatic N) is 3. The van der Waals surface area contributed by atoms with Crippen LogP contribution in [0.25, 0.3) is 0 Å². The fourth-order valence-electron chi connectivity index (χ4n) is 2.52. The number of nitrogens with one attached hydrogen (secondary N) is 1. The first kappa shape index (κ1) is 16.5. The maximum Gasteiger partial charge on any atom is 0.410 e. The predicted octanol–water partition coefficient (Wildman–Crippen LogP) is 2.84. The summed E-state index contributed by atoms with van der Waals surface area (Å²) in [7, 11) is 0. The van der Waals surface area contributed by atoms with E-state index >= 15 is 0 Å². The van der Waals surface area contributed by atoms with Gasteiger partial charge in [0.05, 0.1) is 11.9 Å². The van der Waals surface area contributed by atoms with Crippen LogP contribution in [0, 0.1) is 12.8 Å². The first-order valence-corrected chi connectivity index (χ1v) is 7.84. The smallest absolute Gasteiger partial charge is 0.410 e. The van der Waals surface area contributed by atoms with Gasteiger partial charge in [0.15, 0.2) is 0 Å². The number of amides is 1. The Morgan fingerprint density at radius 3 is 2.91 bits per heavy atom. The normalized spacial score (nSPS) is 18.9. The highest BCUT2D eigenvalue weighted by molar-refractivity contribution is 5.68. The third kappa shape index (κ3) is 5.16. The molecule has 6 heteroatoms. The van der Waals surface area contributed by atoms with Gasteiger partial charge in [0.25, 0.3) is 0 Å². The molecule has 1 aliphatic rings. The molecule has 1 N–H and O–H groups in total. The number of hydrogen-bond donors (Lipinski definition) is 1. The topological polar surface area (TPSA) is 67.4 Å². The molecule has 0 aliphatic carbocycles. The van der Waals surface area contributed by atoms with Gasteiger partial charge < -0.3 is 15.0 Å². The molecular weight excluding hydrogens is 280 g/mol. The molecule has 1 aliphatic heterocycles. The predicted molar refractivity (Wildman–Crippen MR) is 85.8 cm³/mol. The summed E-state index contributed by atoms with van der Waals surface area (Å²) < 4.78 is 5.45. The molecule has 1 atom stereocenters. The molecule has 0 saturated carbocycles. The first-order chi connectivity index (χ1) is 10.3. The van der Waals surface area contributed by atoms with Gasteiger partial charge in [-0.1, -0.05) is 0 Å². The number of hydrogen-bond acceptors (Lipinski definition) is 5. The number of aromatic nitrogens is 2. The zero-order valence-electron chi connectivity index (χ0n) is 13.9. The Morgan fingerprint density at radius 1 is 1.45 bits per heavy atom. The molecular formula is C16H26N4O2. The minimum Gasteiger partial charge on any atom is -0.444 e. The highest BCUT2D eigenvalue weighted by atomic mass is 16.6. The summed E-state index contributed by atoms with van der Waals surface area (Å²) in [6.07, 6.45) is 5.35. The lowest BCUT2D eigenvalue weighted by Gasteiger charge is -2.34. The molecule has 1 aromatic heterocycles. The van der Waals surface area contributed by atoms with Gasteiger partial charge in [-0.2, -0.15) is 0 Å². The molecule has 2 rings (SSSR count). The van der Waals surface area contributed by atoms with Crippen LogP contribution in [0.5, 0.6) is 0 Å². The minimum atomic E-state index is -0.445. The van der Waals surface area contributed by atoms with Crippen LogP contribution in [-0.4, -0.2) is 46.2 Å². The van der Waals surface area contributed by atoms with Crippen molar-refractivity contribution in [2.24, 2.45) is 5.92 Å². The minimum absolute atomic E-state index is 0.215. The van der Waals surface area contributed by atoms with Gasteiger partial charge in [-0.3, -0.25) is 4.98 Å². The van der Waals surface area contributed by atoms with Crippen LogP contribution in [0.3, 0.4) is 0 Å². The molecule has 1 aromatic rings. The van der Waals surface area contributed by atoms with Crippen LogP contribution in [0.2, 0.25) is 0 Å². The number of piperidine rings is 1. The second kappa shape index (κ2) is 6.94. The van der Waals surface area contributed by atoms with E-state index in [1.165, 1.54) is 0 Å². The zero-order chi connectivity index (χ0) is 16.2. The maximum absolute atomic E-state index is 12.1. The summed E-state index contributed by atoms with van der Waals surface area (Å²) in [5.41, 5.74) is 0.448. The summed E-state index contributed by atoms with van der Waals surface area (Å²) in [5.74, 6) is 1.19. The highest BCUT2D eigenvalue weighted by Gasteiger charge is 2.27. The van der Waals surface area contributed by atoms with Crippen LogP contribution < -0.4 is 5.32 Å². The van der Waals surface area contributed by atoms with E-state index in [-0.39, 0.29) is 6.09 Å². The van der Waals surface area contributed by atoms with E-state index in [9.17, 15) is 4.79 Å². The fourth-order valence-corrected chi connectivity index (χ4v) is 2.52. The van der Waals surface area contributed by atoms with Crippen LogP contribution in [0.1, 0.15) is 39.3 Å². The third-order valence-electron chi connectivity index (χ3n) is 3.50. The molecule has 1 fully saturated rings. The SMILES string of the molecule is Cc1cncc(NCC2CCCN(C(=O)OC(C)(C)C)C2)n1. The van der Waals surface area contributed by atoms with Crippen LogP contribution >= 0.6 is 0 Å². The van der Waals surface area contributed by atoms with E-state index in [1.54, 1.807) is 12.4 Å². The number of ether oxygens (including phenoxy) is 1. The molecule has 22 heavy (non-hydrogen) atoms. The molecule has 0 radical (unpaired) electrons. The molecule has 0 bridgehead atoms. The maximum atomic E-state index is 12.1. The van der Waals surface area contributed by atoms with Crippen molar-refractivity contribution in [2.75, 3.05) is 25.0 Å². The lowest BCUT2D eigenvalue weighted by atomic mass is 9.98.